The molecule has 2 aromatic heterocycles. The van der Waals surface area contributed by atoms with Gasteiger partial charge in [-0.25, -0.2) is 23.2 Å². The summed E-state index contributed by atoms with van der Waals surface area (Å²) in [5, 5.41) is 11.0. The average Bonchev–Trinajstić information content (AvgIpc) is 3.20. The number of fused-ring (bicyclic) bond motifs is 1. The summed E-state index contributed by atoms with van der Waals surface area (Å²) >= 11 is 12.2. The van der Waals surface area contributed by atoms with Crippen molar-refractivity contribution >= 4 is 55.8 Å². The zero-order valence-corrected chi connectivity index (χ0v) is 21.4. The van der Waals surface area contributed by atoms with E-state index in [-0.39, 0.29) is 20.6 Å². The van der Waals surface area contributed by atoms with Crippen molar-refractivity contribution in [3.05, 3.63) is 77.2 Å². The highest BCUT2D eigenvalue weighted by atomic mass is 35.5. The smallest absolute Gasteiger partial charge is 0.328 e. The molecule has 0 aliphatic rings. The number of sulfonamides is 1. The molecule has 0 radical (unpaired) electrons. The Balaban J connectivity index is 2.03. The second-order valence-corrected chi connectivity index (χ2v) is 11.6. The number of aliphatic carboxylic acids is 1. The summed E-state index contributed by atoms with van der Waals surface area (Å²) in [5.74, 6) is -0.904. The van der Waals surface area contributed by atoms with Gasteiger partial charge in [-0.05, 0) is 47.9 Å². The highest BCUT2D eigenvalue weighted by Gasteiger charge is 2.44. The number of nitrogens with zero attached hydrogens (tertiary/aromatic N) is 4. The monoisotopic (exact) mass is 532 g/mol. The van der Waals surface area contributed by atoms with E-state index in [0.29, 0.717) is 16.9 Å². The largest absolute Gasteiger partial charge is 0.480 e. The van der Waals surface area contributed by atoms with Crippen molar-refractivity contribution < 1.29 is 18.3 Å². The van der Waals surface area contributed by atoms with E-state index in [4.69, 9.17) is 23.2 Å². The molecule has 1 unspecified atom stereocenters. The van der Waals surface area contributed by atoms with Crippen LogP contribution in [-0.4, -0.2) is 40.1 Å². The quantitative estimate of drug-likeness (QED) is 0.355. The Morgan fingerprint density at radius 2 is 1.66 bits per heavy atom. The van der Waals surface area contributed by atoms with Gasteiger partial charge in [0.05, 0.1) is 16.1 Å². The topological polar surface area (TPSA) is 105 Å². The average molecular weight is 533 g/mol. The van der Waals surface area contributed by atoms with Crippen LogP contribution in [0.3, 0.4) is 0 Å². The number of hydrogen-bond donors (Lipinski definition) is 1. The maximum atomic E-state index is 14.1. The molecule has 0 saturated heterocycles. The Kier molecular flexibility index (Phi) is 6.52. The zero-order valence-electron chi connectivity index (χ0n) is 19.1. The number of carbonyl (C=O) groups is 1. The van der Waals surface area contributed by atoms with Crippen LogP contribution in [0.5, 0.6) is 0 Å². The number of carboxylic acid groups (broad SMARTS) is 1. The lowest BCUT2D eigenvalue weighted by atomic mass is 9.86. The minimum atomic E-state index is -4.43. The Hall–Kier alpha value is -3.14. The summed E-state index contributed by atoms with van der Waals surface area (Å²) in [4.78, 5) is 20.9. The third-order valence-electron chi connectivity index (χ3n) is 5.40. The number of benzene rings is 2. The number of rotatable bonds is 6. The lowest BCUT2D eigenvalue weighted by molar-refractivity contribution is -0.140. The van der Waals surface area contributed by atoms with E-state index in [1.54, 1.807) is 74.3 Å². The van der Waals surface area contributed by atoms with Crippen molar-refractivity contribution in [3.63, 3.8) is 0 Å². The molecule has 0 aliphatic heterocycles. The Bertz CT molecular complexity index is 1500. The number of hydrogen-bond acceptors (Lipinski definition) is 5. The van der Waals surface area contributed by atoms with Crippen LogP contribution in [0.4, 0.5) is 5.69 Å². The number of anilines is 1. The van der Waals surface area contributed by atoms with Gasteiger partial charge >= 0.3 is 5.97 Å². The molecule has 0 aliphatic carbocycles. The molecule has 4 rings (SSSR count). The second-order valence-electron chi connectivity index (χ2n) is 8.96. The predicted octanol–water partition coefficient (Wildman–Crippen LogP) is 5.42. The maximum absolute atomic E-state index is 14.1. The molecule has 1 N–H and O–H groups in total. The molecule has 35 heavy (non-hydrogen) atoms. The highest BCUT2D eigenvalue weighted by Crippen LogP contribution is 2.39. The summed E-state index contributed by atoms with van der Waals surface area (Å²) < 4.78 is 30.8. The van der Waals surface area contributed by atoms with Crippen molar-refractivity contribution in [2.75, 3.05) is 4.31 Å². The summed E-state index contributed by atoms with van der Waals surface area (Å²) in [6, 6.07) is 10.9. The van der Waals surface area contributed by atoms with Gasteiger partial charge < -0.3 is 5.11 Å². The van der Waals surface area contributed by atoms with Gasteiger partial charge in [0.25, 0.3) is 10.0 Å². The summed E-state index contributed by atoms with van der Waals surface area (Å²) in [7, 11) is -4.43. The zero-order chi connectivity index (χ0) is 25.5. The summed E-state index contributed by atoms with van der Waals surface area (Å²) in [6.45, 7) is 5.01. The number of carboxylic acids is 1. The van der Waals surface area contributed by atoms with E-state index in [0.717, 1.165) is 4.31 Å². The van der Waals surface area contributed by atoms with E-state index < -0.39 is 27.4 Å². The van der Waals surface area contributed by atoms with Crippen molar-refractivity contribution in [3.8, 4) is 5.95 Å². The fraction of sp³-hybridized carbons (Fsp3) is 0.208. The molecular weight excluding hydrogens is 511 g/mol. The molecule has 4 aromatic rings. The minimum Gasteiger partial charge on any atom is -0.480 e. The lowest BCUT2D eigenvalue weighted by Crippen LogP contribution is -2.52. The third-order valence-corrected chi connectivity index (χ3v) is 7.59. The van der Waals surface area contributed by atoms with Gasteiger partial charge in [-0.2, -0.15) is 0 Å². The summed E-state index contributed by atoms with van der Waals surface area (Å²) in [5.41, 5.74) is -0.180. The van der Waals surface area contributed by atoms with Crippen molar-refractivity contribution in [1.82, 2.24) is 14.5 Å². The molecule has 0 saturated carbocycles. The first-order valence-corrected chi connectivity index (χ1v) is 12.7. The van der Waals surface area contributed by atoms with Crippen molar-refractivity contribution in [2.24, 2.45) is 5.41 Å². The Labute approximate surface area is 212 Å². The van der Waals surface area contributed by atoms with Crippen LogP contribution in [0, 0.1) is 5.41 Å². The van der Waals surface area contributed by atoms with Gasteiger partial charge in [-0.3, -0.25) is 8.87 Å². The van der Waals surface area contributed by atoms with Gasteiger partial charge in [0.15, 0.2) is 0 Å². The van der Waals surface area contributed by atoms with E-state index in [2.05, 4.69) is 9.97 Å². The second kappa shape index (κ2) is 9.14. The first-order chi connectivity index (χ1) is 16.4. The Morgan fingerprint density at radius 3 is 2.23 bits per heavy atom. The number of halogens is 2. The van der Waals surface area contributed by atoms with Crippen LogP contribution in [0.25, 0.3) is 16.9 Å². The van der Waals surface area contributed by atoms with Gasteiger partial charge in [-0.15, -0.1) is 0 Å². The van der Waals surface area contributed by atoms with E-state index in [1.165, 1.54) is 18.2 Å². The highest BCUT2D eigenvalue weighted by molar-refractivity contribution is 7.93. The minimum absolute atomic E-state index is 0.115. The molecule has 0 amide bonds. The fourth-order valence-corrected chi connectivity index (χ4v) is 6.49. The van der Waals surface area contributed by atoms with Gasteiger partial charge in [0, 0.05) is 34.0 Å². The molecule has 0 bridgehead atoms. The normalized spacial score (nSPS) is 13.1. The lowest BCUT2D eigenvalue weighted by Gasteiger charge is -2.38. The van der Waals surface area contributed by atoms with E-state index >= 15 is 0 Å². The van der Waals surface area contributed by atoms with Gasteiger partial charge in [-0.1, -0.05) is 50.0 Å². The number of aromatic nitrogens is 3. The van der Waals surface area contributed by atoms with Crippen LogP contribution < -0.4 is 4.31 Å². The Morgan fingerprint density at radius 1 is 1.03 bits per heavy atom. The standard InChI is InChI=1S/C24H22Cl2N4O4S/c1-24(2,3)21(22(31)32)30(35(33,34)17-13-15(25)12-16(26)14-17)20-7-4-6-19-18(20)8-11-29(19)23-27-9-5-10-28-23/h4-14,21H,1-3H3,(H,31,32). The predicted molar refractivity (Wildman–Crippen MR) is 136 cm³/mol. The molecular formula is C24H22Cl2N4O4S. The van der Waals surface area contributed by atoms with E-state index in [1.807, 2.05) is 0 Å². The SMILES string of the molecule is CC(C)(C)C(C(=O)O)N(c1cccc2c1ccn2-c1ncccn1)S(=O)(=O)c1cc(Cl)cc(Cl)c1. The molecule has 1 atom stereocenters. The molecule has 2 heterocycles. The van der Waals surface area contributed by atoms with Crippen LogP contribution >= 0.6 is 23.2 Å². The van der Waals surface area contributed by atoms with E-state index in [9.17, 15) is 18.3 Å². The maximum Gasteiger partial charge on any atom is 0.328 e. The molecule has 8 nitrogen and oxygen atoms in total. The molecule has 0 spiro atoms. The molecule has 0 fully saturated rings. The van der Waals surface area contributed by atoms with Crippen molar-refractivity contribution in [2.45, 2.75) is 31.7 Å². The first kappa shape index (κ1) is 25.0. The van der Waals surface area contributed by atoms with Crippen LogP contribution in [0.2, 0.25) is 10.0 Å². The molecule has 182 valence electrons. The van der Waals surface area contributed by atoms with Gasteiger partial charge in [0.2, 0.25) is 5.95 Å². The van der Waals surface area contributed by atoms with Crippen LogP contribution in [0.15, 0.2) is 72.0 Å². The summed E-state index contributed by atoms with van der Waals surface area (Å²) in [6.07, 6.45) is 4.90. The van der Waals surface area contributed by atoms with Crippen LogP contribution in [0.1, 0.15) is 20.8 Å². The fourth-order valence-electron chi connectivity index (χ4n) is 3.95. The van der Waals surface area contributed by atoms with Gasteiger partial charge in [0.1, 0.15) is 6.04 Å². The molecule has 11 heteroatoms. The van der Waals surface area contributed by atoms with Crippen molar-refractivity contribution in [1.29, 1.82) is 0 Å². The third kappa shape index (κ3) is 4.71. The van der Waals surface area contributed by atoms with Crippen LogP contribution in [-0.2, 0) is 14.8 Å². The first-order valence-electron chi connectivity index (χ1n) is 10.5. The molecule has 2 aromatic carbocycles.